The van der Waals surface area contributed by atoms with Gasteiger partial charge in [-0.05, 0) is 55.8 Å². The fraction of sp³-hybridized carbons (Fsp3) is 0.435. The van der Waals surface area contributed by atoms with Crippen LogP contribution >= 0.6 is 24.0 Å². The van der Waals surface area contributed by atoms with Gasteiger partial charge in [-0.15, -0.1) is 24.0 Å². The number of nitrogens with one attached hydrogen (secondary N) is 3. The molecule has 10 heteroatoms. The molecule has 1 aromatic carbocycles. The number of hydrogen-bond donors (Lipinski definition) is 3. The summed E-state index contributed by atoms with van der Waals surface area (Å²) in [5.74, 6) is 3.67. The molecule has 0 saturated carbocycles. The number of aromatic nitrogens is 3. The number of halogens is 1. The molecule has 3 heterocycles. The first kappa shape index (κ1) is 25.0. The standard InChI is InChI=1S/C23H31N7O2.HI/c1-24-23(25-11-10-21-27-22(29-28-21)20-9-6-14-32-20)26-16-19(30-12-3-4-13-30)17-7-5-8-18(15-17)31-2;/h5-9,14-15,19H,3-4,10-13,16H2,1-2H3,(H2,24,25,26)(H,27,28,29);1H. The van der Waals surface area contributed by atoms with Crippen LogP contribution in [-0.2, 0) is 6.42 Å². The Bertz CT molecular complexity index is 1000. The van der Waals surface area contributed by atoms with Gasteiger partial charge in [-0.3, -0.25) is 15.0 Å². The molecule has 0 amide bonds. The Labute approximate surface area is 211 Å². The molecule has 3 N–H and O–H groups in total. The van der Waals surface area contributed by atoms with Crippen molar-refractivity contribution in [3.63, 3.8) is 0 Å². The Balaban J connectivity index is 0.00000306. The fourth-order valence-corrected chi connectivity index (χ4v) is 4.00. The Kier molecular flexibility index (Phi) is 9.55. The van der Waals surface area contributed by atoms with Crippen molar-refractivity contribution in [1.29, 1.82) is 0 Å². The van der Waals surface area contributed by atoms with E-state index in [1.165, 1.54) is 18.4 Å². The van der Waals surface area contributed by atoms with Crippen LogP contribution in [0.5, 0.6) is 5.75 Å². The van der Waals surface area contributed by atoms with E-state index in [9.17, 15) is 0 Å². The third kappa shape index (κ3) is 6.70. The first-order chi connectivity index (χ1) is 15.8. The van der Waals surface area contributed by atoms with Crippen LogP contribution in [0.25, 0.3) is 11.6 Å². The fourth-order valence-electron chi connectivity index (χ4n) is 4.00. The number of benzene rings is 1. The monoisotopic (exact) mass is 565 g/mol. The van der Waals surface area contributed by atoms with E-state index in [1.807, 2.05) is 18.2 Å². The lowest BCUT2D eigenvalue weighted by atomic mass is 10.1. The van der Waals surface area contributed by atoms with Crippen LogP contribution in [0.1, 0.15) is 30.3 Å². The Morgan fingerprint density at radius 1 is 1.24 bits per heavy atom. The second-order valence-corrected chi connectivity index (χ2v) is 7.75. The van der Waals surface area contributed by atoms with E-state index >= 15 is 0 Å². The zero-order valence-corrected chi connectivity index (χ0v) is 21.4. The predicted molar refractivity (Wildman–Crippen MR) is 139 cm³/mol. The van der Waals surface area contributed by atoms with Gasteiger partial charge < -0.3 is 19.8 Å². The minimum Gasteiger partial charge on any atom is -0.497 e. The van der Waals surface area contributed by atoms with Gasteiger partial charge in [0.05, 0.1) is 19.4 Å². The van der Waals surface area contributed by atoms with E-state index in [2.05, 4.69) is 53.9 Å². The van der Waals surface area contributed by atoms with E-state index in [-0.39, 0.29) is 30.0 Å². The summed E-state index contributed by atoms with van der Waals surface area (Å²) < 4.78 is 10.8. The Hall–Kier alpha value is -2.60. The predicted octanol–water partition coefficient (Wildman–Crippen LogP) is 3.24. The zero-order valence-electron chi connectivity index (χ0n) is 19.1. The van der Waals surface area contributed by atoms with Gasteiger partial charge in [-0.1, -0.05) is 12.1 Å². The molecule has 1 aliphatic rings. The second kappa shape index (κ2) is 12.6. The number of rotatable bonds is 9. The minimum absolute atomic E-state index is 0. The smallest absolute Gasteiger partial charge is 0.216 e. The van der Waals surface area contributed by atoms with Gasteiger partial charge in [0.2, 0.25) is 5.82 Å². The van der Waals surface area contributed by atoms with Crippen LogP contribution in [0.15, 0.2) is 52.1 Å². The van der Waals surface area contributed by atoms with Gasteiger partial charge in [0, 0.05) is 26.6 Å². The highest BCUT2D eigenvalue weighted by Crippen LogP contribution is 2.27. The molecule has 0 bridgehead atoms. The topological polar surface area (TPSA) is 104 Å². The van der Waals surface area contributed by atoms with Gasteiger partial charge in [-0.25, -0.2) is 4.98 Å². The van der Waals surface area contributed by atoms with Crippen molar-refractivity contribution < 1.29 is 9.15 Å². The highest BCUT2D eigenvalue weighted by Gasteiger charge is 2.24. The van der Waals surface area contributed by atoms with Crippen LogP contribution in [0, 0.1) is 0 Å². The summed E-state index contributed by atoms with van der Waals surface area (Å²) in [5.41, 5.74) is 1.25. The van der Waals surface area contributed by atoms with Crippen molar-refractivity contribution >= 4 is 29.9 Å². The average molecular weight is 565 g/mol. The summed E-state index contributed by atoms with van der Waals surface area (Å²) in [5, 5.41) is 14.0. The van der Waals surface area contributed by atoms with Crippen LogP contribution in [-0.4, -0.2) is 66.4 Å². The van der Waals surface area contributed by atoms with Gasteiger partial charge in [-0.2, -0.15) is 5.10 Å². The number of ether oxygens (including phenoxy) is 1. The van der Waals surface area contributed by atoms with Crippen molar-refractivity contribution in [3.8, 4) is 17.3 Å². The van der Waals surface area contributed by atoms with Gasteiger partial charge >= 0.3 is 0 Å². The molecule has 9 nitrogen and oxygen atoms in total. The van der Waals surface area contributed by atoms with E-state index in [0.29, 0.717) is 24.6 Å². The van der Waals surface area contributed by atoms with Crippen molar-refractivity contribution in [3.05, 3.63) is 54.0 Å². The number of guanidine groups is 1. The summed E-state index contributed by atoms with van der Waals surface area (Å²) in [6.07, 6.45) is 4.79. The molecule has 178 valence electrons. The third-order valence-corrected chi connectivity index (χ3v) is 5.67. The van der Waals surface area contributed by atoms with Crippen LogP contribution in [0.3, 0.4) is 0 Å². The first-order valence-corrected chi connectivity index (χ1v) is 11.0. The highest BCUT2D eigenvalue weighted by molar-refractivity contribution is 14.0. The van der Waals surface area contributed by atoms with Gasteiger partial charge in [0.25, 0.3) is 0 Å². The normalized spacial score (nSPS) is 15.2. The molecule has 1 aliphatic heterocycles. The van der Waals surface area contributed by atoms with Crippen LogP contribution in [0.2, 0.25) is 0 Å². The summed E-state index contributed by atoms with van der Waals surface area (Å²) in [6, 6.07) is 12.3. The zero-order chi connectivity index (χ0) is 22.2. The Morgan fingerprint density at radius 2 is 2.09 bits per heavy atom. The van der Waals surface area contributed by atoms with Crippen molar-refractivity contribution in [2.24, 2.45) is 4.99 Å². The van der Waals surface area contributed by atoms with E-state index in [4.69, 9.17) is 9.15 Å². The minimum atomic E-state index is 0. The molecule has 33 heavy (non-hydrogen) atoms. The molecule has 3 aromatic rings. The maximum absolute atomic E-state index is 5.44. The highest BCUT2D eigenvalue weighted by atomic mass is 127. The van der Waals surface area contributed by atoms with Crippen LogP contribution in [0.4, 0.5) is 0 Å². The largest absolute Gasteiger partial charge is 0.497 e. The molecule has 1 fully saturated rings. The lowest BCUT2D eigenvalue weighted by Crippen LogP contribution is -2.43. The molecule has 2 aromatic heterocycles. The van der Waals surface area contributed by atoms with Crippen molar-refractivity contribution in [2.45, 2.75) is 25.3 Å². The second-order valence-electron chi connectivity index (χ2n) is 7.75. The van der Waals surface area contributed by atoms with Crippen molar-refractivity contribution in [1.82, 2.24) is 30.7 Å². The van der Waals surface area contributed by atoms with Gasteiger partial charge in [0.15, 0.2) is 11.7 Å². The summed E-state index contributed by atoms with van der Waals surface area (Å²) in [6.45, 7) is 3.66. The molecule has 1 saturated heterocycles. The molecular formula is C23H32IN7O2. The van der Waals surface area contributed by atoms with E-state index in [0.717, 1.165) is 37.2 Å². The molecule has 1 atom stereocenters. The maximum Gasteiger partial charge on any atom is 0.216 e. The quantitative estimate of drug-likeness (QED) is 0.208. The van der Waals surface area contributed by atoms with Gasteiger partial charge in [0.1, 0.15) is 11.6 Å². The molecular weight excluding hydrogens is 533 g/mol. The number of H-pyrrole nitrogens is 1. The van der Waals surface area contributed by atoms with E-state index in [1.54, 1.807) is 20.4 Å². The number of furan rings is 1. The maximum atomic E-state index is 5.44. The molecule has 0 radical (unpaired) electrons. The summed E-state index contributed by atoms with van der Waals surface area (Å²) in [4.78, 5) is 11.4. The van der Waals surface area contributed by atoms with Crippen molar-refractivity contribution in [2.75, 3.05) is 40.3 Å². The summed E-state index contributed by atoms with van der Waals surface area (Å²) in [7, 11) is 3.50. The number of methoxy groups -OCH3 is 1. The lowest BCUT2D eigenvalue weighted by Gasteiger charge is -2.29. The SMILES string of the molecule is CN=C(NCCc1nc(-c2ccco2)n[nH]1)NCC(c1cccc(OC)c1)N1CCCC1.I. The third-order valence-electron chi connectivity index (χ3n) is 5.67. The number of hydrogen-bond acceptors (Lipinski definition) is 6. The average Bonchev–Trinajstić information content (AvgIpc) is 3.61. The Morgan fingerprint density at radius 3 is 2.82 bits per heavy atom. The lowest BCUT2D eigenvalue weighted by molar-refractivity contribution is 0.245. The van der Waals surface area contributed by atoms with E-state index < -0.39 is 0 Å². The number of nitrogens with zero attached hydrogens (tertiary/aromatic N) is 4. The number of aliphatic imine (C=N–C) groups is 1. The number of likely N-dealkylation sites (tertiary alicyclic amines) is 1. The molecule has 1 unspecified atom stereocenters. The molecule has 0 spiro atoms. The summed E-state index contributed by atoms with van der Waals surface area (Å²) >= 11 is 0. The van der Waals surface area contributed by atoms with Crippen LogP contribution < -0.4 is 15.4 Å². The first-order valence-electron chi connectivity index (χ1n) is 11.0. The molecule has 0 aliphatic carbocycles. The molecule has 4 rings (SSSR count). The number of aromatic amines is 1.